The van der Waals surface area contributed by atoms with Crippen LogP contribution in [0.5, 0.6) is 0 Å². The number of rotatable bonds is 10. The number of unbranched alkanes of at least 4 members (excludes halogenated alkanes) is 4. The van der Waals surface area contributed by atoms with Crippen LogP contribution < -0.4 is 0 Å². The average Bonchev–Trinajstić information content (AvgIpc) is 2.23. The zero-order valence-corrected chi connectivity index (χ0v) is 10.1. The van der Waals surface area contributed by atoms with Gasteiger partial charge in [0.1, 0.15) is 6.61 Å². The van der Waals surface area contributed by atoms with Crippen molar-refractivity contribution in [1.82, 2.24) is 0 Å². The molecule has 0 saturated carbocycles. The molecular formula is C12H24O3. The summed E-state index contributed by atoms with van der Waals surface area (Å²) in [6.07, 6.45) is 6.66. The zero-order valence-electron chi connectivity index (χ0n) is 10.1. The fraction of sp³-hybridized carbons (Fsp3) is 0.917. The average molecular weight is 216 g/mol. The maximum absolute atomic E-state index is 11.1. The first-order chi connectivity index (χ1) is 7.31. The van der Waals surface area contributed by atoms with Crippen LogP contribution in [0.3, 0.4) is 0 Å². The highest BCUT2D eigenvalue weighted by molar-refractivity contribution is 5.70. The van der Waals surface area contributed by atoms with E-state index in [4.69, 9.17) is 9.47 Å². The van der Waals surface area contributed by atoms with Gasteiger partial charge >= 0.3 is 5.97 Å². The van der Waals surface area contributed by atoms with Gasteiger partial charge in [0, 0.05) is 6.61 Å². The molecule has 15 heavy (non-hydrogen) atoms. The molecule has 0 bridgehead atoms. The first-order valence-electron chi connectivity index (χ1n) is 6.04. The fourth-order valence-electron chi connectivity index (χ4n) is 1.16. The van der Waals surface area contributed by atoms with Gasteiger partial charge in [0.25, 0.3) is 0 Å². The molecule has 3 nitrogen and oxygen atoms in total. The van der Waals surface area contributed by atoms with Gasteiger partial charge in [0.05, 0.1) is 6.61 Å². The van der Waals surface area contributed by atoms with Gasteiger partial charge in [-0.1, -0.05) is 39.5 Å². The molecule has 0 spiro atoms. The lowest BCUT2D eigenvalue weighted by Crippen LogP contribution is -2.13. The molecule has 0 aliphatic heterocycles. The van der Waals surface area contributed by atoms with Crippen molar-refractivity contribution in [3.8, 4) is 0 Å². The molecule has 0 aliphatic carbocycles. The van der Waals surface area contributed by atoms with Gasteiger partial charge in [-0.25, -0.2) is 4.79 Å². The van der Waals surface area contributed by atoms with Gasteiger partial charge < -0.3 is 9.47 Å². The third-order valence-corrected chi connectivity index (χ3v) is 2.12. The normalized spacial score (nSPS) is 10.3. The number of hydrogen-bond donors (Lipinski definition) is 0. The Balaban J connectivity index is 3.10. The SMILES string of the molecule is CCCCCCOCC(=O)OCCCC. The van der Waals surface area contributed by atoms with Crippen molar-refractivity contribution in [2.75, 3.05) is 19.8 Å². The Morgan fingerprint density at radius 1 is 0.933 bits per heavy atom. The molecule has 90 valence electrons. The number of hydrogen-bond acceptors (Lipinski definition) is 3. The van der Waals surface area contributed by atoms with Crippen LogP contribution in [-0.4, -0.2) is 25.8 Å². The zero-order chi connectivity index (χ0) is 11.4. The van der Waals surface area contributed by atoms with Gasteiger partial charge in [-0.05, 0) is 12.8 Å². The molecule has 0 aromatic heterocycles. The molecule has 0 radical (unpaired) electrons. The maximum atomic E-state index is 11.1. The second kappa shape index (κ2) is 11.5. The van der Waals surface area contributed by atoms with Crippen molar-refractivity contribution in [2.45, 2.75) is 52.4 Å². The van der Waals surface area contributed by atoms with E-state index in [1.54, 1.807) is 0 Å². The molecule has 0 atom stereocenters. The fourth-order valence-corrected chi connectivity index (χ4v) is 1.16. The summed E-state index contributed by atoms with van der Waals surface area (Å²) < 4.78 is 10.1. The Bertz CT molecular complexity index is 146. The van der Waals surface area contributed by atoms with Gasteiger partial charge in [0.15, 0.2) is 0 Å². The topological polar surface area (TPSA) is 35.5 Å². The lowest BCUT2D eigenvalue weighted by molar-refractivity contribution is -0.149. The molecule has 0 aliphatic rings. The lowest BCUT2D eigenvalue weighted by Gasteiger charge is -2.04. The second-order valence-corrected chi connectivity index (χ2v) is 3.69. The highest BCUT2D eigenvalue weighted by Crippen LogP contribution is 1.98. The van der Waals surface area contributed by atoms with Crippen LogP contribution in [0.2, 0.25) is 0 Å². The molecule has 0 N–H and O–H groups in total. The van der Waals surface area contributed by atoms with Crippen molar-refractivity contribution in [3.63, 3.8) is 0 Å². The smallest absolute Gasteiger partial charge is 0.332 e. The van der Waals surface area contributed by atoms with E-state index in [1.165, 1.54) is 19.3 Å². The van der Waals surface area contributed by atoms with Gasteiger partial charge in [0.2, 0.25) is 0 Å². The Hall–Kier alpha value is -0.570. The molecule has 0 fully saturated rings. The van der Waals surface area contributed by atoms with Crippen molar-refractivity contribution >= 4 is 5.97 Å². The summed E-state index contributed by atoms with van der Waals surface area (Å²) in [5, 5.41) is 0. The molecule has 0 heterocycles. The van der Waals surface area contributed by atoms with E-state index >= 15 is 0 Å². The van der Waals surface area contributed by atoms with E-state index in [9.17, 15) is 4.79 Å². The van der Waals surface area contributed by atoms with Gasteiger partial charge in [-0.3, -0.25) is 0 Å². The molecule has 0 unspecified atom stereocenters. The molecule has 0 aromatic rings. The van der Waals surface area contributed by atoms with Crippen LogP contribution in [0.1, 0.15) is 52.4 Å². The summed E-state index contributed by atoms with van der Waals surface area (Å²) in [5.74, 6) is -0.237. The molecular weight excluding hydrogens is 192 g/mol. The highest BCUT2D eigenvalue weighted by Gasteiger charge is 2.01. The van der Waals surface area contributed by atoms with E-state index in [0.29, 0.717) is 13.2 Å². The predicted molar refractivity (Wildman–Crippen MR) is 60.8 cm³/mol. The third-order valence-electron chi connectivity index (χ3n) is 2.12. The second-order valence-electron chi connectivity index (χ2n) is 3.69. The number of ether oxygens (including phenoxy) is 2. The van der Waals surface area contributed by atoms with Gasteiger partial charge in [-0.15, -0.1) is 0 Å². The molecule has 3 heteroatoms. The number of carbonyl (C=O) groups excluding carboxylic acids is 1. The first kappa shape index (κ1) is 14.4. The molecule has 0 amide bonds. The Labute approximate surface area is 93.1 Å². The summed E-state index contributed by atoms with van der Waals surface area (Å²) in [4.78, 5) is 11.1. The standard InChI is InChI=1S/C12H24O3/c1-3-5-7-8-9-14-11-12(13)15-10-6-4-2/h3-11H2,1-2H3. The van der Waals surface area contributed by atoms with Crippen LogP contribution in [-0.2, 0) is 14.3 Å². The van der Waals surface area contributed by atoms with E-state index in [0.717, 1.165) is 19.3 Å². The van der Waals surface area contributed by atoms with E-state index in [2.05, 4.69) is 13.8 Å². The largest absolute Gasteiger partial charge is 0.464 e. The van der Waals surface area contributed by atoms with E-state index in [-0.39, 0.29) is 12.6 Å². The van der Waals surface area contributed by atoms with Crippen molar-refractivity contribution < 1.29 is 14.3 Å². The van der Waals surface area contributed by atoms with Crippen LogP contribution in [0.25, 0.3) is 0 Å². The van der Waals surface area contributed by atoms with Crippen LogP contribution in [0, 0.1) is 0 Å². The summed E-state index contributed by atoms with van der Waals surface area (Å²) in [5.41, 5.74) is 0. The summed E-state index contributed by atoms with van der Waals surface area (Å²) in [7, 11) is 0. The maximum Gasteiger partial charge on any atom is 0.332 e. The number of esters is 1. The first-order valence-corrected chi connectivity index (χ1v) is 6.04. The molecule has 0 aromatic carbocycles. The van der Waals surface area contributed by atoms with Crippen LogP contribution >= 0.6 is 0 Å². The minimum absolute atomic E-state index is 0.107. The van der Waals surface area contributed by atoms with E-state index < -0.39 is 0 Å². The molecule has 0 rings (SSSR count). The van der Waals surface area contributed by atoms with Crippen LogP contribution in [0.4, 0.5) is 0 Å². The highest BCUT2D eigenvalue weighted by atomic mass is 16.6. The monoisotopic (exact) mass is 216 g/mol. The van der Waals surface area contributed by atoms with Crippen LogP contribution in [0.15, 0.2) is 0 Å². The Kier molecular flexibility index (Phi) is 11.1. The predicted octanol–water partition coefficient (Wildman–Crippen LogP) is 2.93. The minimum Gasteiger partial charge on any atom is -0.464 e. The lowest BCUT2D eigenvalue weighted by atomic mass is 10.2. The van der Waals surface area contributed by atoms with Crippen molar-refractivity contribution in [1.29, 1.82) is 0 Å². The number of carbonyl (C=O) groups is 1. The van der Waals surface area contributed by atoms with Crippen molar-refractivity contribution in [2.24, 2.45) is 0 Å². The van der Waals surface area contributed by atoms with Gasteiger partial charge in [-0.2, -0.15) is 0 Å². The summed E-state index contributed by atoms with van der Waals surface area (Å²) >= 11 is 0. The minimum atomic E-state index is -0.237. The Morgan fingerprint density at radius 2 is 1.67 bits per heavy atom. The Morgan fingerprint density at radius 3 is 2.33 bits per heavy atom. The molecule has 0 saturated heterocycles. The third kappa shape index (κ3) is 11.4. The van der Waals surface area contributed by atoms with Crippen molar-refractivity contribution in [3.05, 3.63) is 0 Å². The summed E-state index contributed by atoms with van der Waals surface area (Å²) in [6, 6.07) is 0. The quantitative estimate of drug-likeness (QED) is 0.416. The van der Waals surface area contributed by atoms with E-state index in [1.807, 2.05) is 0 Å². The summed E-state index contributed by atoms with van der Waals surface area (Å²) in [6.45, 7) is 5.54.